The summed E-state index contributed by atoms with van der Waals surface area (Å²) in [5.74, 6) is -2.22. The molecule has 2 rings (SSSR count). The number of rotatable bonds is 3. The zero-order valence-electron chi connectivity index (χ0n) is 9.67. The van der Waals surface area contributed by atoms with E-state index in [1.807, 2.05) is 6.07 Å². The first-order valence-corrected chi connectivity index (χ1v) is 5.29. The molecule has 0 bridgehead atoms. The Kier molecular flexibility index (Phi) is 3.20. The van der Waals surface area contributed by atoms with Crippen LogP contribution >= 0.6 is 0 Å². The van der Waals surface area contributed by atoms with Crippen molar-refractivity contribution in [2.45, 2.75) is 5.92 Å². The van der Waals surface area contributed by atoms with Gasteiger partial charge in [0.05, 0.1) is 12.4 Å². The Bertz CT molecular complexity index is 627. The van der Waals surface area contributed by atoms with Gasteiger partial charge in [-0.3, -0.25) is 4.79 Å². The summed E-state index contributed by atoms with van der Waals surface area (Å²) in [7, 11) is 1.72. The first kappa shape index (κ1) is 12.0. The quantitative estimate of drug-likeness (QED) is 0.775. The molecular weight excluding hydrogens is 233 g/mol. The smallest absolute Gasteiger partial charge is 0.204 e. The minimum atomic E-state index is -1.17. The predicted molar refractivity (Wildman–Crippen MR) is 62.3 cm³/mol. The normalized spacial score (nSPS) is 11.8. The average molecular weight is 243 g/mol. The number of carbonyl (C=O) groups is 1. The predicted octanol–water partition coefficient (Wildman–Crippen LogP) is 2.05. The van der Waals surface area contributed by atoms with E-state index in [-0.39, 0.29) is 11.3 Å². The number of aryl methyl sites for hydroxylation is 1. The molecule has 1 heterocycles. The summed E-state index contributed by atoms with van der Waals surface area (Å²) in [4.78, 5) is 16.0. The molecule has 0 fully saturated rings. The second-order valence-electron chi connectivity index (χ2n) is 3.87. The van der Waals surface area contributed by atoms with Crippen LogP contribution in [0.5, 0.6) is 0 Å². The summed E-state index contributed by atoms with van der Waals surface area (Å²) in [6, 6.07) is 7.59. The van der Waals surface area contributed by atoms with E-state index in [2.05, 4.69) is 4.98 Å². The van der Waals surface area contributed by atoms with Gasteiger partial charge < -0.3 is 4.57 Å². The number of imidazole rings is 1. The van der Waals surface area contributed by atoms with E-state index >= 15 is 0 Å². The van der Waals surface area contributed by atoms with Crippen molar-refractivity contribution < 1.29 is 9.18 Å². The Morgan fingerprint density at radius 3 is 2.78 bits per heavy atom. The van der Waals surface area contributed by atoms with E-state index in [1.165, 1.54) is 30.7 Å². The van der Waals surface area contributed by atoms with Crippen LogP contribution in [0, 0.1) is 17.1 Å². The first-order chi connectivity index (χ1) is 8.63. The minimum Gasteiger partial charge on any atom is -0.340 e. The highest BCUT2D eigenvalue weighted by Gasteiger charge is 2.25. The molecule has 0 N–H and O–H groups in total. The monoisotopic (exact) mass is 243 g/mol. The van der Waals surface area contributed by atoms with Crippen LogP contribution in [0.3, 0.4) is 0 Å². The molecule has 18 heavy (non-hydrogen) atoms. The molecule has 0 saturated carbocycles. The Balaban J connectivity index is 2.39. The molecule has 0 saturated heterocycles. The Labute approximate surface area is 103 Å². The van der Waals surface area contributed by atoms with E-state index in [1.54, 1.807) is 17.7 Å². The third-order valence-corrected chi connectivity index (χ3v) is 2.56. The summed E-state index contributed by atoms with van der Waals surface area (Å²) in [6.07, 6.45) is 2.97. The van der Waals surface area contributed by atoms with Crippen LogP contribution in [0.25, 0.3) is 0 Å². The van der Waals surface area contributed by atoms with Crippen molar-refractivity contribution in [2.75, 3.05) is 0 Å². The number of aromatic nitrogens is 2. The lowest BCUT2D eigenvalue weighted by Gasteiger charge is -2.07. The molecule has 1 atom stereocenters. The van der Waals surface area contributed by atoms with Crippen molar-refractivity contribution in [3.05, 3.63) is 53.9 Å². The van der Waals surface area contributed by atoms with Crippen LogP contribution in [-0.4, -0.2) is 15.3 Å². The molecule has 0 spiro atoms. The minimum absolute atomic E-state index is 0.0793. The van der Waals surface area contributed by atoms with Gasteiger partial charge in [-0.2, -0.15) is 5.26 Å². The molecule has 1 aromatic heterocycles. The summed E-state index contributed by atoms with van der Waals surface area (Å²) in [5.41, 5.74) is 0.239. The van der Waals surface area contributed by atoms with E-state index < -0.39 is 17.5 Å². The van der Waals surface area contributed by atoms with Gasteiger partial charge in [-0.15, -0.1) is 0 Å². The van der Waals surface area contributed by atoms with Gasteiger partial charge in [0.2, 0.25) is 5.78 Å². The number of Topliss-reactive ketones (excluding diaryl/α,β-unsaturated/α-hetero) is 1. The molecule has 0 aliphatic carbocycles. The molecule has 5 heteroatoms. The number of hydrogen-bond acceptors (Lipinski definition) is 3. The zero-order valence-corrected chi connectivity index (χ0v) is 9.67. The Morgan fingerprint density at radius 2 is 2.22 bits per heavy atom. The number of carbonyl (C=O) groups excluding carboxylic acids is 1. The second kappa shape index (κ2) is 4.80. The summed E-state index contributed by atoms with van der Waals surface area (Å²) < 4.78 is 15.2. The van der Waals surface area contributed by atoms with Gasteiger partial charge >= 0.3 is 0 Å². The van der Waals surface area contributed by atoms with Gasteiger partial charge in [-0.1, -0.05) is 18.2 Å². The maximum atomic E-state index is 13.6. The highest BCUT2D eigenvalue weighted by atomic mass is 19.1. The van der Waals surface area contributed by atoms with E-state index in [9.17, 15) is 9.18 Å². The Hall–Kier alpha value is -2.48. The average Bonchev–Trinajstić information content (AvgIpc) is 2.79. The topological polar surface area (TPSA) is 58.7 Å². The van der Waals surface area contributed by atoms with Crippen LogP contribution in [0.4, 0.5) is 4.39 Å². The first-order valence-electron chi connectivity index (χ1n) is 5.29. The lowest BCUT2D eigenvalue weighted by molar-refractivity contribution is 0.0973. The fourth-order valence-electron chi connectivity index (χ4n) is 1.67. The number of halogens is 1. The molecule has 0 aliphatic rings. The fourth-order valence-corrected chi connectivity index (χ4v) is 1.67. The maximum absolute atomic E-state index is 13.6. The highest BCUT2D eigenvalue weighted by molar-refractivity contribution is 6.01. The molecule has 2 aromatic rings. The third-order valence-electron chi connectivity index (χ3n) is 2.56. The van der Waals surface area contributed by atoms with Crippen LogP contribution in [0.1, 0.15) is 22.0 Å². The van der Waals surface area contributed by atoms with Gasteiger partial charge in [0.15, 0.2) is 0 Å². The van der Waals surface area contributed by atoms with E-state index in [4.69, 9.17) is 5.26 Å². The number of hydrogen-bond donors (Lipinski definition) is 0. The largest absolute Gasteiger partial charge is 0.340 e. The standard InChI is InChI=1S/C13H10FN3O/c1-17-7-12(16-8-17)13(18)10(6-15)9-4-2-3-5-11(9)14/h2-5,7-8,10H,1H3. The van der Waals surface area contributed by atoms with E-state index in [0.29, 0.717) is 0 Å². The van der Waals surface area contributed by atoms with Crippen molar-refractivity contribution in [1.29, 1.82) is 5.26 Å². The van der Waals surface area contributed by atoms with Crippen LogP contribution < -0.4 is 0 Å². The van der Waals surface area contributed by atoms with Gasteiger partial charge in [-0.25, -0.2) is 9.37 Å². The molecular formula is C13H10FN3O. The molecule has 4 nitrogen and oxygen atoms in total. The summed E-state index contributed by atoms with van der Waals surface area (Å²) >= 11 is 0. The van der Waals surface area contributed by atoms with Crippen molar-refractivity contribution in [3.8, 4) is 6.07 Å². The van der Waals surface area contributed by atoms with Gasteiger partial charge in [0.1, 0.15) is 17.4 Å². The number of benzene rings is 1. The number of ketones is 1. The summed E-state index contributed by atoms with van der Waals surface area (Å²) in [5, 5.41) is 9.07. The highest BCUT2D eigenvalue weighted by Crippen LogP contribution is 2.22. The van der Waals surface area contributed by atoms with Crippen molar-refractivity contribution in [2.24, 2.45) is 7.05 Å². The van der Waals surface area contributed by atoms with Crippen LogP contribution in [0.2, 0.25) is 0 Å². The number of nitrogens with zero attached hydrogens (tertiary/aromatic N) is 3. The van der Waals surface area contributed by atoms with Crippen LogP contribution in [0.15, 0.2) is 36.8 Å². The molecule has 1 aromatic carbocycles. The fraction of sp³-hybridized carbons (Fsp3) is 0.154. The summed E-state index contributed by atoms with van der Waals surface area (Å²) in [6.45, 7) is 0. The molecule has 0 radical (unpaired) electrons. The Morgan fingerprint density at radius 1 is 1.50 bits per heavy atom. The SMILES string of the molecule is Cn1cnc(C(=O)C(C#N)c2ccccc2F)c1. The number of nitriles is 1. The van der Waals surface area contributed by atoms with E-state index in [0.717, 1.165) is 0 Å². The van der Waals surface area contributed by atoms with Gasteiger partial charge in [-0.05, 0) is 6.07 Å². The zero-order chi connectivity index (χ0) is 13.1. The lowest BCUT2D eigenvalue weighted by atomic mass is 9.94. The lowest BCUT2D eigenvalue weighted by Crippen LogP contribution is -2.13. The van der Waals surface area contributed by atoms with Crippen molar-refractivity contribution in [1.82, 2.24) is 9.55 Å². The van der Waals surface area contributed by atoms with Gasteiger partial charge in [0.25, 0.3) is 0 Å². The molecule has 0 amide bonds. The molecule has 90 valence electrons. The van der Waals surface area contributed by atoms with Crippen molar-refractivity contribution >= 4 is 5.78 Å². The third kappa shape index (κ3) is 2.13. The maximum Gasteiger partial charge on any atom is 0.204 e. The van der Waals surface area contributed by atoms with Crippen molar-refractivity contribution in [3.63, 3.8) is 0 Å². The molecule has 0 aliphatic heterocycles. The molecule has 1 unspecified atom stereocenters. The van der Waals surface area contributed by atoms with Crippen LogP contribution in [-0.2, 0) is 7.05 Å². The van der Waals surface area contributed by atoms with Gasteiger partial charge in [0, 0.05) is 18.8 Å². The second-order valence-corrected chi connectivity index (χ2v) is 3.87.